The first-order chi connectivity index (χ1) is 9.54. The Hall–Kier alpha value is -1.64. The van der Waals surface area contributed by atoms with Crippen LogP contribution in [0.15, 0.2) is 30.6 Å². The van der Waals surface area contributed by atoms with Crippen molar-refractivity contribution in [1.82, 2.24) is 9.78 Å². The highest BCUT2D eigenvalue weighted by molar-refractivity contribution is 14.1. The highest BCUT2D eigenvalue weighted by Gasteiger charge is 2.06. The van der Waals surface area contributed by atoms with E-state index in [2.05, 4.69) is 33.0 Å². The fourth-order valence-corrected chi connectivity index (χ4v) is 2.17. The molecule has 0 unspecified atom stereocenters. The van der Waals surface area contributed by atoms with Gasteiger partial charge in [-0.05, 0) is 47.2 Å². The molecule has 3 N–H and O–H groups in total. The van der Waals surface area contributed by atoms with E-state index in [1.807, 2.05) is 6.20 Å². The number of carbonyl (C=O) groups excluding carboxylic acids is 1. The number of anilines is 2. The van der Waals surface area contributed by atoms with Crippen LogP contribution in [0.25, 0.3) is 0 Å². The van der Waals surface area contributed by atoms with Crippen molar-refractivity contribution in [2.45, 2.75) is 19.4 Å². The molecule has 0 spiro atoms. The molecule has 1 heterocycles. The van der Waals surface area contributed by atoms with E-state index in [9.17, 15) is 9.18 Å². The van der Waals surface area contributed by atoms with E-state index in [0.29, 0.717) is 25.1 Å². The van der Waals surface area contributed by atoms with E-state index in [4.69, 9.17) is 5.73 Å². The SMILES string of the molecule is Nc1cc(F)ccc1NC(=O)CCCn1cc(I)cn1. The van der Waals surface area contributed by atoms with Crippen molar-refractivity contribution in [3.63, 3.8) is 0 Å². The molecule has 0 fully saturated rings. The number of benzene rings is 1. The number of rotatable bonds is 5. The second-order valence-corrected chi connectivity index (χ2v) is 5.55. The predicted molar refractivity (Wildman–Crippen MR) is 83.6 cm³/mol. The lowest BCUT2D eigenvalue weighted by molar-refractivity contribution is -0.116. The summed E-state index contributed by atoms with van der Waals surface area (Å²) in [6.07, 6.45) is 4.70. The minimum absolute atomic E-state index is 0.148. The third-order valence-corrected chi connectivity index (χ3v) is 3.24. The molecule has 1 aromatic carbocycles. The van der Waals surface area contributed by atoms with Crippen LogP contribution in [0, 0.1) is 9.39 Å². The average Bonchev–Trinajstić information content (AvgIpc) is 2.79. The van der Waals surface area contributed by atoms with Gasteiger partial charge in [0.1, 0.15) is 5.82 Å². The Morgan fingerprint density at radius 3 is 2.95 bits per heavy atom. The number of aryl methyl sites for hydroxylation is 1. The van der Waals surface area contributed by atoms with E-state index >= 15 is 0 Å². The second kappa shape index (κ2) is 6.69. The van der Waals surface area contributed by atoms with Gasteiger partial charge in [0.05, 0.1) is 21.1 Å². The van der Waals surface area contributed by atoms with Crippen LogP contribution < -0.4 is 11.1 Å². The number of aromatic nitrogens is 2. The Kier molecular flexibility index (Phi) is 4.94. The van der Waals surface area contributed by atoms with Crippen molar-refractivity contribution < 1.29 is 9.18 Å². The molecule has 0 aliphatic carbocycles. The summed E-state index contributed by atoms with van der Waals surface area (Å²) in [5, 5.41) is 6.80. The molecular weight excluding hydrogens is 374 g/mol. The summed E-state index contributed by atoms with van der Waals surface area (Å²) in [5.41, 5.74) is 6.28. The van der Waals surface area contributed by atoms with Crippen LogP contribution in [0.3, 0.4) is 0 Å². The van der Waals surface area contributed by atoms with Crippen molar-refractivity contribution in [3.05, 3.63) is 40.0 Å². The third-order valence-electron chi connectivity index (χ3n) is 2.68. The predicted octanol–water partition coefficient (Wildman–Crippen LogP) is 2.63. The highest BCUT2D eigenvalue weighted by Crippen LogP contribution is 2.19. The van der Waals surface area contributed by atoms with Crippen molar-refractivity contribution in [2.24, 2.45) is 0 Å². The summed E-state index contributed by atoms with van der Waals surface area (Å²) in [4.78, 5) is 11.8. The first kappa shape index (κ1) is 14.8. The van der Waals surface area contributed by atoms with Crippen LogP contribution in [0.1, 0.15) is 12.8 Å². The molecule has 5 nitrogen and oxygen atoms in total. The summed E-state index contributed by atoms with van der Waals surface area (Å²) >= 11 is 2.18. The molecule has 106 valence electrons. The van der Waals surface area contributed by atoms with Crippen molar-refractivity contribution in [1.29, 1.82) is 0 Å². The van der Waals surface area contributed by atoms with Crippen LogP contribution in [0.5, 0.6) is 0 Å². The average molecular weight is 388 g/mol. The molecule has 0 bridgehead atoms. The van der Waals surface area contributed by atoms with Crippen LogP contribution in [-0.4, -0.2) is 15.7 Å². The third kappa shape index (κ3) is 4.19. The smallest absolute Gasteiger partial charge is 0.224 e. The summed E-state index contributed by atoms with van der Waals surface area (Å²) in [6, 6.07) is 3.90. The molecule has 0 aliphatic rings. The zero-order valence-electron chi connectivity index (χ0n) is 10.6. The summed E-state index contributed by atoms with van der Waals surface area (Å²) in [6.45, 7) is 0.676. The van der Waals surface area contributed by atoms with E-state index in [0.717, 1.165) is 3.57 Å². The Bertz CT molecular complexity index is 614. The number of nitrogens with one attached hydrogen (secondary N) is 1. The van der Waals surface area contributed by atoms with Gasteiger partial charge in [-0.1, -0.05) is 0 Å². The van der Waals surface area contributed by atoms with Gasteiger partial charge in [0.15, 0.2) is 0 Å². The highest BCUT2D eigenvalue weighted by atomic mass is 127. The van der Waals surface area contributed by atoms with Crippen LogP contribution in [0.2, 0.25) is 0 Å². The number of amides is 1. The normalized spacial score (nSPS) is 10.5. The molecule has 2 rings (SSSR count). The monoisotopic (exact) mass is 388 g/mol. The molecule has 0 atom stereocenters. The molecular formula is C13H14FIN4O. The Morgan fingerprint density at radius 2 is 2.30 bits per heavy atom. The van der Waals surface area contributed by atoms with Gasteiger partial charge in [0.2, 0.25) is 5.91 Å². The number of nitrogens with zero attached hydrogens (tertiary/aromatic N) is 2. The first-order valence-electron chi connectivity index (χ1n) is 6.07. The van der Waals surface area contributed by atoms with Crippen molar-refractivity contribution >= 4 is 39.9 Å². The number of nitrogen functional groups attached to an aromatic ring is 1. The van der Waals surface area contributed by atoms with Gasteiger partial charge >= 0.3 is 0 Å². The van der Waals surface area contributed by atoms with Crippen LogP contribution in [0.4, 0.5) is 15.8 Å². The summed E-state index contributed by atoms with van der Waals surface area (Å²) in [5.74, 6) is -0.570. The van der Waals surface area contributed by atoms with Crippen molar-refractivity contribution in [3.8, 4) is 0 Å². The summed E-state index contributed by atoms with van der Waals surface area (Å²) in [7, 11) is 0. The standard InChI is InChI=1S/C13H14FIN4O/c14-9-3-4-12(11(16)6-9)18-13(20)2-1-5-19-8-10(15)7-17-19/h3-4,6-8H,1-2,5,16H2,(H,18,20). The molecule has 1 amide bonds. The zero-order chi connectivity index (χ0) is 14.5. The first-order valence-corrected chi connectivity index (χ1v) is 7.15. The number of hydrogen-bond acceptors (Lipinski definition) is 3. The molecule has 0 saturated carbocycles. The summed E-state index contributed by atoms with van der Waals surface area (Å²) < 4.78 is 15.7. The maximum absolute atomic E-state index is 12.9. The molecule has 0 radical (unpaired) electrons. The minimum atomic E-state index is -0.422. The Labute approximate surface area is 129 Å². The van der Waals surface area contributed by atoms with Gasteiger partial charge < -0.3 is 11.1 Å². The fraction of sp³-hybridized carbons (Fsp3) is 0.231. The van der Waals surface area contributed by atoms with E-state index < -0.39 is 5.82 Å². The topological polar surface area (TPSA) is 72.9 Å². The van der Waals surface area contributed by atoms with Gasteiger partial charge in [0.25, 0.3) is 0 Å². The number of nitrogens with two attached hydrogens (primary N) is 1. The van der Waals surface area contributed by atoms with E-state index in [1.165, 1.54) is 18.2 Å². The lowest BCUT2D eigenvalue weighted by Crippen LogP contribution is -2.13. The maximum atomic E-state index is 12.9. The van der Waals surface area contributed by atoms with Gasteiger partial charge in [0, 0.05) is 19.2 Å². The van der Waals surface area contributed by atoms with Gasteiger partial charge in [-0.3, -0.25) is 9.48 Å². The molecule has 1 aromatic heterocycles. The second-order valence-electron chi connectivity index (χ2n) is 4.30. The quantitative estimate of drug-likeness (QED) is 0.611. The zero-order valence-corrected chi connectivity index (χ0v) is 12.8. The molecule has 0 saturated heterocycles. The number of carbonyl (C=O) groups is 1. The molecule has 20 heavy (non-hydrogen) atoms. The molecule has 2 aromatic rings. The van der Waals surface area contributed by atoms with Gasteiger partial charge in [-0.25, -0.2) is 4.39 Å². The molecule has 0 aliphatic heterocycles. The van der Waals surface area contributed by atoms with E-state index in [1.54, 1.807) is 10.9 Å². The maximum Gasteiger partial charge on any atom is 0.224 e. The lowest BCUT2D eigenvalue weighted by Gasteiger charge is -2.08. The van der Waals surface area contributed by atoms with Crippen LogP contribution >= 0.6 is 22.6 Å². The number of hydrogen-bond donors (Lipinski definition) is 2. The van der Waals surface area contributed by atoms with Gasteiger partial charge in [-0.2, -0.15) is 5.10 Å². The largest absolute Gasteiger partial charge is 0.397 e. The Morgan fingerprint density at radius 1 is 1.50 bits per heavy atom. The number of halogens is 2. The lowest BCUT2D eigenvalue weighted by atomic mass is 10.2. The van der Waals surface area contributed by atoms with Crippen molar-refractivity contribution in [2.75, 3.05) is 11.1 Å². The fourth-order valence-electron chi connectivity index (χ4n) is 1.72. The Balaban J connectivity index is 1.80. The minimum Gasteiger partial charge on any atom is -0.397 e. The van der Waals surface area contributed by atoms with Gasteiger partial charge in [-0.15, -0.1) is 0 Å². The van der Waals surface area contributed by atoms with Crippen LogP contribution in [-0.2, 0) is 11.3 Å². The van der Waals surface area contributed by atoms with E-state index in [-0.39, 0.29) is 11.6 Å². The molecule has 7 heteroatoms.